The molecule has 1 saturated heterocycles. The highest BCUT2D eigenvalue weighted by Crippen LogP contribution is 2.18. The molecule has 0 saturated carbocycles. The predicted octanol–water partition coefficient (Wildman–Crippen LogP) is 1.25. The van der Waals surface area contributed by atoms with E-state index >= 15 is 0 Å². The third-order valence-electron chi connectivity index (χ3n) is 4.30. The SMILES string of the molecule is Cc1ccc([C@H](CNC(=O)CCN2C(=O)CCC2=O)N(C)C)cc1. The summed E-state index contributed by atoms with van der Waals surface area (Å²) >= 11 is 0. The van der Waals surface area contributed by atoms with Crippen LogP contribution in [0.15, 0.2) is 24.3 Å². The Hall–Kier alpha value is -2.21. The molecule has 6 nitrogen and oxygen atoms in total. The number of hydrogen-bond donors (Lipinski definition) is 1. The highest BCUT2D eigenvalue weighted by atomic mass is 16.2. The summed E-state index contributed by atoms with van der Waals surface area (Å²) in [5.74, 6) is -0.515. The Labute approximate surface area is 142 Å². The minimum Gasteiger partial charge on any atom is -0.354 e. The zero-order valence-corrected chi connectivity index (χ0v) is 14.5. The smallest absolute Gasteiger partial charge is 0.229 e. The van der Waals surface area contributed by atoms with E-state index in [9.17, 15) is 14.4 Å². The van der Waals surface area contributed by atoms with Crippen LogP contribution in [0, 0.1) is 6.92 Å². The van der Waals surface area contributed by atoms with Crippen LogP contribution < -0.4 is 5.32 Å². The Morgan fingerprint density at radius 1 is 1.17 bits per heavy atom. The molecular formula is C18H25N3O3. The second kappa shape index (κ2) is 8.06. The highest BCUT2D eigenvalue weighted by Gasteiger charge is 2.28. The maximum absolute atomic E-state index is 12.0. The van der Waals surface area contributed by atoms with Crippen LogP contribution in [-0.2, 0) is 14.4 Å². The fraction of sp³-hybridized carbons (Fsp3) is 0.500. The summed E-state index contributed by atoms with van der Waals surface area (Å²) < 4.78 is 0. The van der Waals surface area contributed by atoms with E-state index in [0.29, 0.717) is 6.54 Å². The van der Waals surface area contributed by atoms with Gasteiger partial charge in [0.25, 0.3) is 0 Å². The Morgan fingerprint density at radius 2 is 1.75 bits per heavy atom. The molecule has 1 aliphatic heterocycles. The van der Waals surface area contributed by atoms with Crippen LogP contribution in [0.1, 0.15) is 36.4 Å². The van der Waals surface area contributed by atoms with Gasteiger partial charge in [0.05, 0.1) is 6.04 Å². The van der Waals surface area contributed by atoms with Crippen molar-refractivity contribution in [1.29, 1.82) is 0 Å². The minimum absolute atomic E-state index is 0.0737. The molecule has 1 aliphatic rings. The second-order valence-electron chi connectivity index (χ2n) is 6.38. The van der Waals surface area contributed by atoms with Gasteiger partial charge in [-0.15, -0.1) is 0 Å². The molecule has 2 rings (SSSR count). The van der Waals surface area contributed by atoms with Gasteiger partial charge in [-0.25, -0.2) is 0 Å². The predicted molar refractivity (Wildman–Crippen MR) is 91.2 cm³/mol. The molecule has 0 unspecified atom stereocenters. The van der Waals surface area contributed by atoms with E-state index in [2.05, 4.69) is 34.5 Å². The maximum Gasteiger partial charge on any atom is 0.229 e. The number of likely N-dealkylation sites (tertiary alicyclic amines) is 1. The molecule has 1 aromatic rings. The summed E-state index contributed by atoms with van der Waals surface area (Å²) in [6, 6.07) is 8.31. The molecule has 1 fully saturated rings. The van der Waals surface area contributed by atoms with Crippen molar-refractivity contribution in [3.05, 3.63) is 35.4 Å². The molecule has 1 aromatic carbocycles. The Bertz CT molecular complexity index is 594. The number of nitrogens with one attached hydrogen (secondary N) is 1. The number of aryl methyl sites for hydroxylation is 1. The van der Waals surface area contributed by atoms with Crippen LogP contribution in [0.3, 0.4) is 0 Å². The number of likely N-dealkylation sites (N-methyl/N-ethyl adjacent to an activating group) is 1. The Balaban J connectivity index is 1.85. The third kappa shape index (κ3) is 4.64. The first-order chi connectivity index (χ1) is 11.4. The van der Waals surface area contributed by atoms with Gasteiger partial charge in [0.15, 0.2) is 0 Å². The Morgan fingerprint density at radius 3 is 2.29 bits per heavy atom. The van der Waals surface area contributed by atoms with E-state index < -0.39 is 0 Å². The lowest BCUT2D eigenvalue weighted by Gasteiger charge is -2.25. The fourth-order valence-corrected chi connectivity index (χ4v) is 2.77. The summed E-state index contributed by atoms with van der Waals surface area (Å²) in [7, 11) is 3.94. The van der Waals surface area contributed by atoms with Gasteiger partial charge in [-0.05, 0) is 26.6 Å². The molecule has 0 spiro atoms. The first-order valence-electron chi connectivity index (χ1n) is 8.21. The van der Waals surface area contributed by atoms with Crippen molar-refractivity contribution in [3.63, 3.8) is 0 Å². The Kier molecular flexibility index (Phi) is 6.09. The van der Waals surface area contributed by atoms with Gasteiger partial charge in [-0.1, -0.05) is 29.8 Å². The van der Waals surface area contributed by atoms with E-state index in [-0.39, 0.29) is 49.6 Å². The zero-order valence-electron chi connectivity index (χ0n) is 14.5. The molecule has 0 radical (unpaired) electrons. The quantitative estimate of drug-likeness (QED) is 0.764. The molecule has 24 heavy (non-hydrogen) atoms. The molecule has 130 valence electrons. The molecule has 0 aliphatic carbocycles. The number of amides is 3. The number of carbonyl (C=O) groups is 3. The molecule has 1 N–H and O–H groups in total. The van der Waals surface area contributed by atoms with Crippen LogP contribution in [0.2, 0.25) is 0 Å². The number of hydrogen-bond acceptors (Lipinski definition) is 4. The first-order valence-corrected chi connectivity index (χ1v) is 8.21. The molecule has 3 amide bonds. The minimum atomic E-state index is -0.182. The molecular weight excluding hydrogens is 306 g/mol. The van der Waals surface area contributed by atoms with E-state index in [1.807, 2.05) is 21.0 Å². The zero-order chi connectivity index (χ0) is 17.7. The second-order valence-corrected chi connectivity index (χ2v) is 6.38. The van der Waals surface area contributed by atoms with E-state index in [4.69, 9.17) is 0 Å². The number of imide groups is 1. The summed E-state index contributed by atoms with van der Waals surface area (Å²) in [6.45, 7) is 2.69. The summed E-state index contributed by atoms with van der Waals surface area (Å²) in [5, 5.41) is 2.90. The van der Waals surface area contributed by atoms with Crippen LogP contribution in [0.5, 0.6) is 0 Å². The molecule has 1 heterocycles. The molecule has 1 atom stereocenters. The van der Waals surface area contributed by atoms with Crippen LogP contribution in [0.4, 0.5) is 0 Å². The van der Waals surface area contributed by atoms with Crippen molar-refractivity contribution in [1.82, 2.24) is 15.1 Å². The number of nitrogens with zero attached hydrogens (tertiary/aromatic N) is 2. The standard InChI is InChI=1S/C18H25N3O3/c1-13-4-6-14(7-5-13)15(20(2)3)12-19-16(22)10-11-21-17(23)8-9-18(21)24/h4-7,15H,8-12H2,1-3H3,(H,19,22)/t15-/m0/s1. The van der Waals surface area contributed by atoms with Gasteiger partial charge in [0.1, 0.15) is 0 Å². The monoisotopic (exact) mass is 331 g/mol. The normalized spacial score (nSPS) is 15.9. The third-order valence-corrected chi connectivity index (χ3v) is 4.30. The van der Waals surface area contributed by atoms with Crippen molar-refractivity contribution in [2.24, 2.45) is 0 Å². The van der Waals surface area contributed by atoms with Crippen molar-refractivity contribution in [2.45, 2.75) is 32.2 Å². The van der Waals surface area contributed by atoms with E-state index in [0.717, 1.165) is 5.56 Å². The van der Waals surface area contributed by atoms with Gasteiger partial charge < -0.3 is 10.2 Å². The van der Waals surface area contributed by atoms with Gasteiger partial charge >= 0.3 is 0 Å². The highest BCUT2D eigenvalue weighted by molar-refractivity contribution is 6.02. The van der Waals surface area contributed by atoms with E-state index in [1.54, 1.807) is 0 Å². The molecule has 6 heteroatoms. The lowest BCUT2D eigenvalue weighted by Crippen LogP contribution is -2.37. The van der Waals surface area contributed by atoms with Crippen LogP contribution in [-0.4, -0.2) is 54.7 Å². The average Bonchev–Trinajstić information content (AvgIpc) is 2.85. The van der Waals surface area contributed by atoms with Gasteiger partial charge in [-0.2, -0.15) is 0 Å². The van der Waals surface area contributed by atoms with Gasteiger partial charge in [0, 0.05) is 32.4 Å². The van der Waals surface area contributed by atoms with Crippen LogP contribution in [0.25, 0.3) is 0 Å². The van der Waals surface area contributed by atoms with E-state index in [1.165, 1.54) is 10.5 Å². The van der Waals surface area contributed by atoms with Crippen LogP contribution >= 0.6 is 0 Å². The lowest BCUT2D eigenvalue weighted by atomic mass is 10.0. The number of rotatable bonds is 7. The largest absolute Gasteiger partial charge is 0.354 e. The molecule has 0 bridgehead atoms. The maximum atomic E-state index is 12.0. The van der Waals surface area contributed by atoms with Crippen molar-refractivity contribution >= 4 is 17.7 Å². The average molecular weight is 331 g/mol. The first kappa shape index (κ1) is 18.1. The summed E-state index contributed by atoms with van der Waals surface area (Å²) in [5.41, 5.74) is 2.33. The fourth-order valence-electron chi connectivity index (χ4n) is 2.77. The summed E-state index contributed by atoms with van der Waals surface area (Å²) in [6.07, 6.45) is 0.665. The molecule has 0 aromatic heterocycles. The number of carbonyl (C=O) groups excluding carboxylic acids is 3. The van der Waals surface area contributed by atoms with Gasteiger partial charge in [0.2, 0.25) is 17.7 Å². The number of benzene rings is 1. The van der Waals surface area contributed by atoms with Crippen molar-refractivity contribution in [2.75, 3.05) is 27.2 Å². The van der Waals surface area contributed by atoms with Crippen molar-refractivity contribution < 1.29 is 14.4 Å². The van der Waals surface area contributed by atoms with Crippen molar-refractivity contribution in [3.8, 4) is 0 Å². The van der Waals surface area contributed by atoms with Gasteiger partial charge in [-0.3, -0.25) is 19.3 Å². The summed E-state index contributed by atoms with van der Waals surface area (Å²) in [4.78, 5) is 38.3. The lowest BCUT2D eigenvalue weighted by molar-refractivity contribution is -0.138. The topological polar surface area (TPSA) is 69.7 Å².